The summed E-state index contributed by atoms with van der Waals surface area (Å²) < 4.78 is 29.3. The van der Waals surface area contributed by atoms with Crippen molar-refractivity contribution in [2.75, 3.05) is 13.7 Å². The van der Waals surface area contributed by atoms with E-state index in [1.807, 2.05) is 127 Å². The third kappa shape index (κ3) is 8.25. The van der Waals surface area contributed by atoms with Crippen molar-refractivity contribution in [3.8, 4) is 33.4 Å². The van der Waals surface area contributed by atoms with E-state index < -0.39 is 42.5 Å². The zero-order chi connectivity index (χ0) is 36.6. The van der Waals surface area contributed by atoms with Crippen LogP contribution in [-0.2, 0) is 23.7 Å². The summed E-state index contributed by atoms with van der Waals surface area (Å²) in [4.78, 5) is 40.3. The molecule has 1 fully saturated rings. The molecule has 1 aliphatic rings. The average molecular weight is 705 g/mol. The molecule has 4 unspecified atom stereocenters. The number of carbonyl (C=O) groups is 3. The fourth-order valence-corrected chi connectivity index (χ4v) is 6.20. The molecule has 8 heteroatoms. The van der Waals surface area contributed by atoms with Gasteiger partial charge in [-0.2, -0.15) is 0 Å². The van der Waals surface area contributed by atoms with Gasteiger partial charge < -0.3 is 23.7 Å². The first-order valence-corrected chi connectivity index (χ1v) is 17.2. The van der Waals surface area contributed by atoms with Gasteiger partial charge >= 0.3 is 17.9 Å². The van der Waals surface area contributed by atoms with Gasteiger partial charge in [0.05, 0.1) is 16.7 Å². The van der Waals surface area contributed by atoms with Gasteiger partial charge in [-0.05, 0) is 69.8 Å². The molecule has 0 aliphatic carbocycles. The zero-order valence-corrected chi connectivity index (χ0v) is 28.9. The number of esters is 3. The lowest BCUT2D eigenvalue weighted by Crippen LogP contribution is -2.42. The number of benzene rings is 6. The summed E-state index contributed by atoms with van der Waals surface area (Å²) in [5.74, 6) is -1.93. The Hall–Kier alpha value is -6.35. The molecule has 1 heterocycles. The van der Waals surface area contributed by atoms with Crippen molar-refractivity contribution in [3.63, 3.8) is 0 Å². The van der Waals surface area contributed by atoms with Crippen LogP contribution in [0.25, 0.3) is 33.4 Å². The van der Waals surface area contributed by atoms with Gasteiger partial charge in [-0.1, -0.05) is 127 Å². The summed E-state index contributed by atoms with van der Waals surface area (Å²) in [6.07, 6.45) is -4.49. The number of rotatable bonds is 11. The number of hydrogen-bond acceptors (Lipinski definition) is 8. The van der Waals surface area contributed by atoms with E-state index in [9.17, 15) is 14.4 Å². The van der Waals surface area contributed by atoms with Gasteiger partial charge in [-0.15, -0.1) is 0 Å². The summed E-state index contributed by atoms with van der Waals surface area (Å²) in [5, 5.41) is 0. The molecule has 0 saturated carbocycles. The Labute approximate surface area is 307 Å². The highest BCUT2D eigenvalue weighted by Crippen LogP contribution is 2.31. The number of ether oxygens (including phenoxy) is 5. The second kappa shape index (κ2) is 16.3. The van der Waals surface area contributed by atoms with Crippen LogP contribution in [0.4, 0.5) is 0 Å². The molecule has 0 aromatic heterocycles. The summed E-state index contributed by atoms with van der Waals surface area (Å²) in [7, 11) is 1.39. The fraction of sp³-hybridized carbons (Fsp3) is 0.133. The van der Waals surface area contributed by atoms with E-state index in [1.54, 1.807) is 36.4 Å². The normalized spacial score (nSPS) is 17.8. The first-order valence-electron chi connectivity index (χ1n) is 17.2. The fourth-order valence-electron chi connectivity index (χ4n) is 6.20. The number of hydrogen-bond donors (Lipinski definition) is 0. The molecule has 4 atom stereocenters. The first kappa shape index (κ1) is 35.1. The maximum atomic E-state index is 13.6. The van der Waals surface area contributed by atoms with E-state index in [4.69, 9.17) is 23.7 Å². The third-order valence-electron chi connectivity index (χ3n) is 9.05. The van der Waals surface area contributed by atoms with Crippen LogP contribution in [0.15, 0.2) is 164 Å². The average Bonchev–Trinajstić information content (AvgIpc) is 3.55. The predicted molar refractivity (Wildman–Crippen MR) is 200 cm³/mol. The van der Waals surface area contributed by atoms with Gasteiger partial charge in [0, 0.05) is 7.11 Å². The van der Waals surface area contributed by atoms with Crippen molar-refractivity contribution in [3.05, 3.63) is 180 Å². The molecular weight excluding hydrogens is 668 g/mol. The Bertz CT molecular complexity index is 2130. The molecule has 1 saturated heterocycles. The largest absolute Gasteiger partial charge is 0.459 e. The molecule has 0 spiro atoms. The standard InChI is InChI=1S/C45H36O8/c1-49-45-41(53-44(48)38-27-21-35(22-28-38)32-15-9-4-10-16-32)40(52-43(47)37-25-19-34(20-26-37)31-13-7-3-8-14-31)39(51-45)29-50-42(46)36-23-17-33(18-24-36)30-11-5-2-6-12-30/h2-28,39-41,45H,29H2,1H3. The molecule has 0 N–H and O–H groups in total. The smallest absolute Gasteiger partial charge is 0.338 e. The van der Waals surface area contributed by atoms with E-state index in [1.165, 1.54) is 7.11 Å². The summed E-state index contributed by atoms with van der Waals surface area (Å²) in [6, 6.07) is 50.4. The molecule has 0 bridgehead atoms. The van der Waals surface area contributed by atoms with Crippen LogP contribution >= 0.6 is 0 Å². The highest BCUT2D eigenvalue weighted by atomic mass is 16.7. The summed E-state index contributed by atoms with van der Waals surface area (Å²) in [5.41, 5.74) is 6.73. The predicted octanol–water partition coefficient (Wildman–Crippen LogP) is 8.67. The van der Waals surface area contributed by atoms with E-state index >= 15 is 0 Å². The Balaban J connectivity index is 1.09. The second-order valence-corrected chi connectivity index (χ2v) is 12.4. The first-order chi connectivity index (χ1) is 26.0. The topological polar surface area (TPSA) is 97.4 Å². The van der Waals surface area contributed by atoms with Gasteiger partial charge in [0.15, 0.2) is 18.5 Å². The van der Waals surface area contributed by atoms with Crippen molar-refractivity contribution in [2.45, 2.75) is 24.6 Å². The highest BCUT2D eigenvalue weighted by Gasteiger charge is 2.51. The van der Waals surface area contributed by atoms with Crippen LogP contribution in [0.2, 0.25) is 0 Å². The molecule has 8 nitrogen and oxygen atoms in total. The molecule has 264 valence electrons. The number of methoxy groups -OCH3 is 1. The summed E-state index contributed by atoms with van der Waals surface area (Å²) >= 11 is 0. The van der Waals surface area contributed by atoms with Crippen molar-refractivity contribution in [2.24, 2.45) is 0 Å². The van der Waals surface area contributed by atoms with Crippen molar-refractivity contribution in [1.82, 2.24) is 0 Å². The summed E-state index contributed by atoms with van der Waals surface area (Å²) in [6.45, 7) is -0.302. The third-order valence-corrected chi connectivity index (χ3v) is 9.05. The molecular formula is C45H36O8. The van der Waals surface area contributed by atoms with Crippen LogP contribution in [0.3, 0.4) is 0 Å². The maximum Gasteiger partial charge on any atom is 0.338 e. The van der Waals surface area contributed by atoms with Crippen LogP contribution in [0, 0.1) is 0 Å². The molecule has 6 aromatic rings. The lowest BCUT2D eigenvalue weighted by molar-refractivity contribution is -0.155. The van der Waals surface area contributed by atoms with Gasteiger partial charge in [0.25, 0.3) is 0 Å². The number of carbonyl (C=O) groups excluding carboxylic acids is 3. The lowest BCUT2D eigenvalue weighted by Gasteiger charge is -2.24. The van der Waals surface area contributed by atoms with E-state index in [-0.39, 0.29) is 17.7 Å². The van der Waals surface area contributed by atoms with Crippen molar-refractivity contribution < 1.29 is 38.1 Å². The minimum Gasteiger partial charge on any atom is -0.459 e. The van der Waals surface area contributed by atoms with Gasteiger partial charge in [0.1, 0.15) is 12.7 Å². The Kier molecular flexibility index (Phi) is 10.8. The molecule has 1 aliphatic heterocycles. The quantitative estimate of drug-likeness (QED) is 0.0977. The minimum absolute atomic E-state index is 0.279. The van der Waals surface area contributed by atoms with Crippen LogP contribution in [0.5, 0.6) is 0 Å². The second-order valence-electron chi connectivity index (χ2n) is 12.4. The molecule has 0 radical (unpaired) electrons. The highest BCUT2D eigenvalue weighted by molar-refractivity contribution is 5.92. The zero-order valence-electron chi connectivity index (χ0n) is 28.9. The Morgan fingerprint density at radius 2 is 0.792 bits per heavy atom. The Morgan fingerprint density at radius 3 is 1.17 bits per heavy atom. The van der Waals surface area contributed by atoms with E-state index in [0.29, 0.717) is 5.56 Å². The molecule has 7 rings (SSSR count). The molecule has 6 aromatic carbocycles. The van der Waals surface area contributed by atoms with E-state index in [2.05, 4.69) is 0 Å². The van der Waals surface area contributed by atoms with Gasteiger partial charge in [-0.3, -0.25) is 0 Å². The van der Waals surface area contributed by atoms with E-state index in [0.717, 1.165) is 33.4 Å². The molecule has 53 heavy (non-hydrogen) atoms. The Morgan fingerprint density at radius 1 is 0.453 bits per heavy atom. The minimum atomic E-state index is -1.18. The van der Waals surface area contributed by atoms with Crippen LogP contribution in [-0.4, -0.2) is 56.2 Å². The van der Waals surface area contributed by atoms with Crippen molar-refractivity contribution in [1.29, 1.82) is 0 Å². The van der Waals surface area contributed by atoms with Crippen LogP contribution in [0.1, 0.15) is 31.1 Å². The van der Waals surface area contributed by atoms with Gasteiger partial charge in [-0.25, -0.2) is 14.4 Å². The van der Waals surface area contributed by atoms with Crippen LogP contribution < -0.4 is 0 Å². The monoisotopic (exact) mass is 704 g/mol. The van der Waals surface area contributed by atoms with Crippen molar-refractivity contribution >= 4 is 17.9 Å². The lowest BCUT2D eigenvalue weighted by atomic mass is 10.0. The van der Waals surface area contributed by atoms with Gasteiger partial charge in [0.2, 0.25) is 0 Å². The SMILES string of the molecule is COC1OC(COC(=O)c2ccc(-c3ccccc3)cc2)C(OC(=O)c2ccc(-c3ccccc3)cc2)C1OC(=O)c1ccc(-c2ccccc2)cc1. The maximum absolute atomic E-state index is 13.6. The molecule has 0 amide bonds.